The van der Waals surface area contributed by atoms with Crippen molar-refractivity contribution in [3.05, 3.63) is 89.5 Å². The number of rotatable bonds is 16. The van der Waals surface area contributed by atoms with Crippen molar-refractivity contribution in [1.29, 1.82) is 0 Å². The van der Waals surface area contributed by atoms with Gasteiger partial charge in [0, 0.05) is 80.3 Å². The Kier molecular flexibility index (Phi) is 13.4. The van der Waals surface area contributed by atoms with Crippen LogP contribution in [-0.2, 0) is 24.6 Å². The second-order valence-corrected chi connectivity index (χ2v) is 24.3. The van der Waals surface area contributed by atoms with Gasteiger partial charge in [-0.1, -0.05) is 50.1 Å². The van der Waals surface area contributed by atoms with Gasteiger partial charge in [-0.3, -0.25) is 14.6 Å². The van der Waals surface area contributed by atoms with Crippen LogP contribution in [0.1, 0.15) is 76.1 Å². The third-order valence-electron chi connectivity index (χ3n) is 13.9. The minimum absolute atomic E-state index is 0.0215. The van der Waals surface area contributed by atoms with E-state index in [-0.39, 0.29) is 5.56 Å². The Morgan fingerprint density at radius 1 is 0.859 bits per heavy atom. The number of nitrogens with zero attached hydrogens (tertiary/aromatic N) is 3. The van der Waals surface area contributed by atoms with Crippen molar-refractivity contribution in [2.24, 2.45) is 16.2 Å². The van der Waals surface area contributed by atoms with Gasteiger partial charge in [-0.25, -0.2) is 21.6 Å². The first-order chi connectivity index (χ1) is 30.2. The smallest absolute Gasteiger partial charge is 0.380 e. The van der Waals surface area contributed by atoms with E-state index in [9.17, 15) is 34.8 Å². The maximum Gasteiger partial charge on any atom is 0.501 e. The number of sulfonamides is 1. The van der Waals surface area contributed by atoms with Crippen LogP contribution >= 0.6 is 11.8 Å². The molecule has 1 atom stereocenters. The number of carbonyl (C=O) groups is 1. The zero-order valence-electron chi connectivity index (χ0n) is 36.9. The second-order valence-electron chi connectivity index (χ2n) is 19.6. The maximum atomic E-state index is 14.2. The van der Waals surface area contributed by atoms with E-state index >= 15 is 0 Å². The monoisotopic (exact) mass is 943 g/mol. The number of ether oxygens (including phenoxy) is 1. The van der Waals surface area contributed by atoms with Crippen LogP contribution in [0.25, 0.3) is 0 Å². The highest BCUT2D eigenvalue weighted by Gasteiger charge is 2.66. The molecule has 0 radical (unpaired) electrons. The summed E-state index contributed by atoms with van der Waals surface area (Å²) in [5.41, 5.74) is -0.463. The van der Waals surface area contributed by atoms with E-state index in [1.54, 1.807) is 23.3 Å². The lowest BCUT2D eigenvalue weighted by Gasteiger charge is -2.72. The molecule has 3 aromatic rings. The first-order valence-corrected chi connectivity index (χ1v) is 26.2. The quantitative estimate of drug-likeness (QED) is 0.107. The van der Waals surface area contributed by atoms with Gasteiger partial charge in [0.2, 0.25) is 0 Å². The highest BCUT2D eigenvalue weighted by Crippen LogP contribution is 2.77. The van der Waals surface area contributed by atoms with Gasteiger partial charge >= 0.3 is 5.51 Å². The molecule has 1 unspecified atom stereocenters. The molecule has 2 N–H and O–H groups in total. The Balaban J connectivity index is 0.924. The Morgan fingerprint density at radius 3 is 2.17 bits per heavy atom. The normalized spacial score (nSPS) is 24.7. The number of hydrogen-bond acceptors (Lipinski definition) is 11. The number of thioether (sulfide) groups is 1. The molecule has 1 amide bonds. The molecule has 64 heavy (non-hydrogen) atoms. The van der Waals surface area contributed by atoms with E-state index in [1.807, 2.05) is 35.1 Å². The molecule has 0 aromatic heterocycles. The number of carbonyl (C=O) groups excluding carboxylic acids is 1. The standard InChI is InChI=1S/C47H60F3N5O6S3/c1-44(2)17-15-40(46-31-45(3,32-46)33-46)35(28-44)29-54-19-21-55(22-20-54)37-11-9-34(10-12-37)43(56)52-64(59,60)39-13-14-41(42(27-39)63(57,58)47(48,49)50)51-36(16-18-53-23-25-61-26-24-53)30-62-38-7-5-4-6-8-38/h4-14,27,36,51H,15-26,28-33H2,1-3H3,(H,52,56). The number of hydrogen-bond donors (Lipinski definition) is 2. The van der Waals surface area contributed by atoms with Crippen molar-refractivity contribution in [3.63, 3.8) is 0 Å². The minimum Gasteiger partial charge on any atom is -0.380 e. The number of benzene rings is 3. The summed E-state index contributed by atoms with van der Waals surface area (Å²) >= 11 is 1.46. The first kappa shape index (κ1) is 46.9. The summed E-state index contributed by atoms with van der Waals surface area (Å²) in [7, 11) is -10.9. The van der Waals surface area contributed by atoms with Crippen LogP contribution in [0.5, 0.6) is 0 Å². The molecular weight excluding hydrogens is 884 g/mol. The number of halogens is 3. The van der Waals surface area contributed by atoms with Crippen molar-refractivity contribution < 1.29 is 39.5 Å². The van der Waals surface area contributed by atoms with Crippen LogP contribution in [0.15, 0.2) is 98.6 Å². The summed E-state index contributed by atoms with van der Waals surface area (Å²) in [4.78, 5) is 19.2. The molecule has 2 aliphatic heterocycles. The van der Waals surface area contributed by atoms with Crippen LogP contribution in [0.2, 0.25) is 0 Å². The third-order valence-corrected chi connectivity index (χ3v) is 18.0. The highest BCUT2D eigenvalue weighted by molar-refractivity contribution is 7.99. The van der Waals surface area contributed by atoms with Gasteiger partial charge in [0.1, 0.15) is 4.90 Å². The number of amides is 1. The van der Waals surface area contributed by atoms with Crippen LogP contribution in [0.4, 0.5) is 24.5 Å². The molecule has 2 saturated heterocycles. The fraction of sp³-hybridized carbons (Fsp3) is 0.553. The molecule has 5 fully saturated rings. The summed E-state index contributed by atoms with van der Waals surface area (Å²) in [5, 5.41) is 3.00. The lowest BCUT2D eigenvalue weighted by atomic mass is 9.33. The van der Waals surface area contributed by atoms with Gasteiger partial charge in [0.25, 0.3) is 25.8 Å². The fourth-order valence-electron chi connectivity index (χ4n) is 10.7. The summed E-state index contributed by atoms with van der Waals surface area (Å²) in [5.74, 6) is -0.625. The molecule has 0 spiro atoms. The number of sulfone groups is 1. The summed E-state index contributed by atoms with van der Waals surface area (Å²) < 4.78 is 103. The summed E-state index contributed by atoms with van der Waals surface area (Å²) in [6.07, 6.45) is 8.11. The number of nitrogens with one attached hydrogen (secondary N) is 2. The number of morpholine rings is 1. The van der Waals surface area contributed by atoms with Crippen LogP contribution in [0.3, 0.4) is 0 Å². The van der Waals surface area contributed by atoms with Crippen LogP contribution in [-0.4, -0.2) is 115 Å². The Morgan fingerprint density at radius 2 is 1.53 bits per heavy atom. The molecule has 2 bridgehead atoms. The van der Waals surface area contributed by atoms with Gasteiger partial charge in [0.05, 0.1) is 23.8 Å². The second kappa shape index (κ2) is 18.2. The van der Waals surface area contributed by atoms with Crippen molar-refractivity contribution in [2.75, 3.05) is 81.5 Å². The van der Waals surface area contributed by atoms with E-state index in [0.29, 0.717) is 67.3 Å². The molecule has 3 saturated carbocycles. The molecule has 17 heteroatoms. The minimum atomic E-state index is -6.04. The number of alkyl halides is 3. The largest absolute Gasteiger partial charge is 0.501 e. The fourth-order valence-corrected chi connectivity index (χ4v) is 13.8. The molecule has 6 aliphatic rings. The predicted octanol–water partition coefficient (Wildman–Crippen LogP) is 8.21. The molecule has 2 heterocycles. The van der Waals surface area contributed by atoms with Crippen molar-refractivity contribution >= 4 is 48.9 Å². The predicted molar refractivity (Wildman–Crippen MR) is 245 cm³/mol. The molecule has 11 nitrogen and oxygen atoms in total. The zero-order chi connectivity index (χ0) is 45.5. The SMILES string of the molecule is CC1(C)CCC(C23CC(C)(C2)C3)=C(CN2CCN(c3ccc(C(=O)NS(=O)(=O)c4ccc(NC(CCN5CCOCC5)CSc5ccccc5)c(S(=O)(=O)C(F)(F)F)c4)cc3)CC2)C1. The molecule has 9 rings (SSSR count). The topological polar surface area (TPSA) is 128 Å². The van der Waals surface area contributed by atoms with Gasteiger partial charge in [-0.2, -0.15) is 13.2 Å². The zero-order valence-corrected chi connectivity index (χ0v) is 39.3. The van der Waals surface area contributed by atoms with Crippen LogP contribution < -0.4 is 14.9 Å². The van der Waals surface area contributed by atoms with Gasteiger partial charge in [-0.15, -0.1) is 11.8 Å². The van der Waals surface area contributed by atoms with Gasteiger partial charge < -0.3 is 15.0 Å². The van der Waals surface area contributed by atoms with Crippen molar-refractivity contribution in [2.45, 2.75) is 92.0 Å². The van der Waals surface area contributed by atoms with E-state index in [1.165, 1.54) is 56.0 Å². The lowest BCUT2D eigenvalue weighted by Crippen LogP contribution is -2.61. The van der Waals surface area contributed by atoms with Crippen molar-refractivity contribution in [3.8, 4) is 0 Å². The van der Waals surface area contributed by atoms with Crippen molar-refractivity contribution in [1.82, 2.24) is 14.5 Å². The Hall–Kier alpha value is -3.61. The van der Waals surface area contributed by atoms with E-state index in [2.05, 4.69) is 40.8 Å². The summed E-state index contributed by atoms with van der Waals surface area (Å²) in [6, 6.07) is 17.9. The van der Waals surface area contributed by atoms with Gasteiger partial charge in [0.15, 0.2) is 0 Å². The highest BCUT2D eigenvalue weighted by atomic mass is 32.2. The third kappa shape index (κ3) is 10.3. The average Bonchev–Trinajstić information content (AvgIpc) is 3.23. The number of piperazine rings is 1. The number of allylic oxidation sites excluding steroid dienone is 1. The maximum absolute atomic E-state index is 14.2. The number of anilines is 2. The lowest BCUT2D eigenvalue weighted by molar-refractivity contribution is -0.166. The molecular formula is C47H60F3N5O6S3. The Bertz CT molecular complexity index is 2410. The van der Waals surface area contributed by atoms with E-state index in [4.69, 9.17) is 4.74 Å². The van der Waals surface area contributed by atoms with E-state index in [0.717, 1.165) is 61.9 Å². The first-order valence-electron chi connectivity index (χ1n) is 22.3. The van der Waals surface area contributed by atoms with Gasteiger partial charge in [-0.05, 0) is 116 Å². The molecule has 3 aromatic carbocycles. The summed E-state index contributed by atoms with van der Waals surface area (Å²) in [6.45, 7) is 14.6. The van der Waals surface area contributed by atoms with Crippen LogP contribution in [0, 0.1) is 16.2 Å². The molecule has 348 valence electrons. The molecule has 4 aliphatic carbocycles. The average molecular weight is 944 g/mol. The Labute approximate surface area is 380 Å². The van der Waals surface area contributed by atoms with E-state index < -0.39 is 52.8 Å².